The number of hydrogen-bond donors (Lipinski definition) is 2. The number of carbonyl (C=O) groups is 2. The van der Waals surface area contributed by atoms with Gasteiger partial charge in [-0.1, -0.05) is 27.2 Å². The summed E-state index contributed by atoms with van der Waals surface area (Å²) in [7, 11) is -2.44. The van der Waals surface area contributed by atoms with Gasteiger partial charge in [0.1, 0.15) is 31.0 Å². The predicted octanol–water partition coefficient (Wildman–Crippen LogP) is 1.60. The van der Waals surface area contributed by atoms with Crippen LogP contribution in [-0.4, -0.2) is 65.9 Å². The Balaban J connectivity index is 1.73. The van der Waals surface area contributed by atoms with Gasteiger partial charge in [-0.2, -0.15) is 0 Å². The van der Waals surface area contributed by atoms with Crippen molar-refractivity contribution in [3.63, 3.8) is 0 Å². The maximum absolute atomic E-state index is 12.4. The van der Waals surface area contributed by atoms with Crippen molar-refractivity contribution >= 4 is 20.3 Å². The fraction of sp³-hybridized carbons (Fsp3) is 0.739. The number of hydrogen-bond acceptors (Lipinski definition) is 9. The first-order valence-electron chi connectivity index (χ1n) is 12.0. The summed E-state index contributed by atoms with van der Waals surface area (Å²) in [5.41, 5.74) is -1.30. The average Bonchev–Trinajstić information content (AvgIpc) is 3.06. The Morgan fingerprint density at radius 3 is 2.43 bits per heavy atom. The Morgan fingerprint density at radius 2 is 1.83 bits per heavy atom. The number of aromatic nitrogens is 2. The Kier molecular flexibility index (Phi) is 8.40. The van der Waals surface area contributed by atoms with Crippen LogP contribution < -0.4 is 11.2 Å². The smallest absolute Gasteiger partial charge is 0.417 e. The molecule has 0 amide bonds. The number of esters is 2. The van der Waals surface area contributed by atoms with Gasteiger partial charge >= 0.3 is 17.6 Å². The molecule has 0 spiro atoms. The van der Waals surface area contributed by atoms with Crippen molar-refractivity contribution in [1.29, 1.82) is 0 Å². The highest BCUT2D eigenvalue weighted by molar-refractivity contribution is 6.74. The highest BCUT2D eigenvalue weighted by Gasteiger charge is 2.51. The fourth-order valence-corrected chi connectivity index (χ4v) is 5.24. The molecule has 0 bridgehead atoms. The Bertz CT molecular complexity index is 1020. The summed E-state index contributed by atoms with van der Waals surface area (Å²) in [6, 6.07) is 1.16. The quantitative estimate of drug-likeness (QED) is 0.330. The Labute approximate surface area is 204 Å². The van der Waals surface area contributed by atoms with E-state index in [2.05, 4.69) is 4.98 Å². The third-order valence-electron chi connectivity index (χ3n) is 7.05. The number of rotatable bonds is 6. The van der Waals surface area contributed by atoms with Crippen molar-refractivity contribution in [2.24, 2.45) is 0 Å². The third-order valence-corrected chi connectivity index (χ3v) is 11.5. The zero-order valence-electron chi connectivity index (χ0n) is 20.9. The van der Waals surface area contributed by atoms with E-state index < -0.39 is 62.7 Å². The van der Waals surface area contributed by atoms with Gasteiger partial charge in [-0.25, -0.2) is 14.4 Å². The minimum absolute atomic E-state index is 0.208. The van der Waals surface area contributed by atoms with E-state index in [4.69, 9.17) is 18.6 Å². The van der Waals surface area contributed by atoms with Gasteiger partial charge < -0.3 is 23.7 Å². The van der Waals surface area contributed by atoms with E-state index in [1.165, 1.54) is 6.20 Å². The molecule has 1 aromatic heterocycles. The van der Waals surface area contributed by atoms with Crippen LogP contribution in [0.5, 0.6) is 0 Å². The molecule has 35 heavy (non-hydrogen) atoms. The van der Waals surface area contributed by atoms with Crippen molar-refractivity contribution in [2.45, 2.75) is 102 Å². The molecule has 3 rings (SSSR count). The van der Waals surface area contributed by atoms with Crippen LogP contribution in [0, 0.1) is 0 Å². The average molecular weight is 513 g/mol. The summed E-state index contributed by atoms with van der Waals surface area (Å²) >= 11 is 0. The number of carbonyl (C=O) groups excluding carboxylic acids is 2. The van der Waals surface area contributed by atoms with E-state index in [1.807, 2.05) is 33.9 Å². The summed E-state index contributed by atoms with van der Waals surface area (Å²) in [6.45, 7) is 9.62. The molecular formula is C23H36N2O9Si. The zero-order valence-corrected chi connectivity index (χ0v) is 21.9. The lowest BCUT2D eigenvalue weighted by Crippen LogP contribution is -2.49. The van der Waals surface area contributed by atoms with Gasteiger partial charge in [0.05, 0.1) is 0 Å². The number of H-pyrrole nitrogens is 1. The molecule has 1 saturated carbocycles. The summed E-state index contributed by atoms with van der Waals surface area (Å²) in [5.74, 6) is -2.25. The van der Waals surface area contributed by atoms with Crippen LogP contribution in [0.4, 0.5) is 0 Å². The molecule has 4 atom stereocenters. The van der Waals surface area contributed by atoms with Crippen molar-refractivity contribution in [2.75, 3.05) is 6.61 Å². The first-order chi connectivity index (χ1) is 16.3. The number of ether oxygens (including phenoxy) is 3. The van der Waals surface area contributed by atoms with Gasteiger partial charge in [0.15, 0.2) is 14.5 Å². The standard InChI is InChI=1S/C23H36N2O9Si/c1-23(2,3)35(4,5)34-18-17(27)15(33-19(18)25-12-11-16(26)24-22(25)30)13-31-20(28)21(29)32-14-9-7-6-8-10-14/h11-12,14-15,17-19,27H,6-10,13H2,1-5H3,(H,24,26,30)/t15-,17-,18-,19-/m1/s1. The normalized spacial score (nSPS) is 25.9. The van der Waals surface area contributed by atoms with Crippen LogP contribution in [0.25, 0.3) is 0 Å². The second-order valence-electron chi connectivity index (χ2n) is 10.7. The summed E-state index contributed by atoms with van der Waals surface area (Å²) < 4.78 is 23.7. The molecule has 196 valence electrons. The first-order valence-corrected chi connectivity index (χ1v) is 14.9. The molecule has 12 heteroatoms. The zero-order chi connectivity index (χ0) is 26.0. The molecule has 1 saturated heterocycles. The maximum Gasteiger partial charge on any atom is 0.417 e. The van der Waals surface area contributed by atoms with Gasteiger partial charge in [-0.05, 0) is 43.8 Å². The molecule has 1 aromatic rings. The predicted molar refractivity (Wildman–Crippen MR) is 127 cm³/mol. The Hall–Kier alpha value is -2.28. The second-order valence-corrected chi connectivity index (χ2v) is 15.4. The number of aliphatic hydroxyl groups is 1. The summed E-state index contributed by atoms with van der Waals surface area (Å²) in [5, 5.41) is 10.8. The van der Waals surface area contributed by atoms with E-state index in [1.54, 1.807) is 0 Å². The van der Waals surface area contributed by atoms with Crippen LogP contribution in [0.1, 0.15) is 59.1 Å². The lowest BCUT2D eigenvalue weighted by Gasteiger charge is -2.40. The van der Waals surface area contributed by atoms with Gasteiger partial charge in [0.25, 0.3) is 5.56 Å². The molecule has 0 radical (unpaired) electrons. The van der Waals surface area contributed by atoms with E-state index in [9.17, 15) is 24.3 Å². The molecule has 1 aliphatic heterocycles. The molecule has 2 heterocycles. The molecule has 11 nitrogen and oxygen atoms in total. The third kappa shape index (κ3) is 6.49. The molecule has 0 aromatic carbocycles. The minimum Gasteiger partial charge on any atom is -0.454 e. The molecule has 1 aliphatic carbocycles. The monoisotopic (exact) mass is 512 g/mol. The lowest BCUT2D eigenvalue weighted by atomic mass is 9.98. The molecular weight excluding hydrogens is 476 g/mol. The highest BCUT2D eigenvalue weighted by atomic mass is 28.4. The number of aromatic amines is 1. The maximum atomic E-state index is 12.4. The molecule has 2 fully saturated rings. The van der Waals surface area contributed by atoms with Crippen molar-refractivity contribution in [3.05, 3.63) is 33.1 Å². The lowest BCUT2D eigenvalue weighted by molar-refractivity contribution is -0.174. The van der Waals surface area contributed by atoms with Gasteiger partial charge in [0.2, 0.25) is 0 Å². The fourth-order valence-electron chi connectivity index (χ4n) is 3.95. The molecule has 0 unspecified atom stereocenters. The van der Waals surface area contributed by atoms with E-state index in [0.29, 0.717) is 12.8 Å². The van der Waals surface area contributed by atoms with Crippen LogP contribution >= 0.6 is 0 Å². The molecule has 2 N–H and O–H groups in total. The topological polar surface area (TPSA) is 146 Å². The van der Waals surface area contributed by atoms with Crippen LogP contribution in [-0.2, 0) is 28.2 Å². The van der Waals surface area contributed by atoms with Crippen LogP contribution in [0.2, 0.25) is 18.1 Å². The minimum atomic E-state index is -2.44. The van der Waals surface area contributed by atoms with Gasteiger partial charge in [0, 0.05) is 12.3 Å². The number of aliphatic hydroxyl groups excluding tert-OH is 1. The van der Waals surface area contributed by atoms with Gasteiger partial charge in [-0.15, -0.1) is 0 Å². The molecule has 2 aliphatic rings. The summed E-state index contributed by atoms with van der Waals surface area (Å²) in [4.78, 5) is 50.5. The van der Waals surface area contributed by atoms with E-state index in [0.717, 1.165) is 29.9 Å². The largest absolute Gasteiger partial charge is 0.454 e. The Morgan fingerprint density at radius 1 is 1.17 bits per heavy atom. The summed E-state index contributed by atoms with van der Waals surface area (Å²) in [6.07, 6.45) is 0.956. The van der Waals surface area contributed by atoms with Crippen molar-refractivity contribution in [3.8, 4) is 0 Å². The number of nitrogens with one attached hydrogen (secondary N) is 1. The van der Waals surface area contributed by atoms with E-state index in [-0.39, 0.29) is 11.1 Å². The number of nitrogens with zero attached hydrogens (tertiary/aromatic N) is 1. The first kappa shape index (κ1) is 27.3. The SMILES string of the molecule is CC(C)(C)[Si](C)(C)O[C@@H]1[C@H](O)[C@@H](COC(=O)C(=O)OC2CCCCC2)O[C@H]1n1ccc(=O)[nH]c1=O. The van der Waals surface area contributed by atoms with Crippen molar-refractivity contribution < 1.29 is 33.3 Å². The van der Waals surface area contributed by atoms with E-state index >= 15 is 0 Å². The highest BCUT2D eigenvalue weighted by Crippen LogP contribution is 2.41. The van der Waals surface area contributed by atoms with Crippen LogP contribution in [0.15, 0.2) is 21.9 Å². The van der Waals surface area contributed by atoms with Crippen LogP contribution in [0.3, 0.4) is 0 Å². The van der Waals surface area contributed by atoms with Gasteiger partial charge in [-0.3, -0.25) is 14.3 Å². The van der Waals surface area contributed by atoms with Crippen molar-refractivity contribution in [1.82, 2.24) is 9.55 Å². The second kappa shape index (κ2) is 10.8.